The molecular weight excluding hydrogens is 330 g/mol. The summed E-state index contributed by atoms with van der Waals surface area (Å²) in [6, 6.07) is 11.5. The molecule has 128 valence electrons. The Hall–Kier alpha value is -2.25. The summed E-state index contributed by atoms with van der Waals surface area (Å²) in [4.78, 5) is 0.145. The highest BCUT2D eigenvalue weighted by Gasteiger charge is 2.21. The van der Waals surface area contributed by atoms with Gasteiger partial charge in [-0.25, -0.2) is 13.1 Å². The first-order valence-electron chi connectivity index (χ1n) is 7.55. The van der Waals surface area contributed by atoms with Crippen LogP contribution in [0.25, 0.3) is 0 Å². The lowest BCUT2D eigenvalue weighted by molar-refractivity contribution is 0.171. The molecule has 1 aliphatic heterocycles. The summed E-state index contributed by atoms with van der Waals surface area (Å²) >= 11 is 0. The molecule has 0 aliphatic carbocycles. The number of ether oxygens (including phenoxy) is 3. The van der Waals surface area contributed by atoms with Gasteiger partial charge < -0.3 is 14.2 Å². The van der Waals surface area contributed by atoms with Crippen molar-refractivity contribution >= 4 is 10.0 Å². The van der Waals surface area contributed by atoms with E-state index in [-0.39, 0.29) is 10.9 Å². The first-order valence-corrected chi connectivity index (χ1v) is 9.04. The Morgan fingerprint density at radius 1 is 1.04 bits per heavy atom. The van der Waals surface area contributed by atoms with Crippen molar-refractivity contribution in [3.05, 3.63) is 48.0 Å². The maximum atomic E-state index is 12.6. The predicted octanol–water partition coefficient (Wildman–Crippen LogP) is 2.51. The van der Waals surface area contributed by atoms with E-state index in [2.05, 4.69) is 4.72 Å². The van der Waals surface area contributed by atoms with Crippen molar-refractivity contribution in [3.8, 4) is 17.2 Å². The van der Waals surface area contributed by atoms with Crippen molar-refractivity contribution in [3.63, 3.8) is 0 Å². The number of methoxy groups -OCH3 is 1. The first-order chi connectivity index (χ1) is 11.5. The van der Waals surface area contributed by atoms with Crippen molar-refractivity contribution in [2.75, 3.05) is 20.3 Å². The predicted molar refractivity (Wildman–Crippen MR) is 89.2 cm³/mol. The van der Waals surface area contributed by atoms with Gasteiger partial charge in [0.25, 0.3) is 0 Å². The highest BCUT2D eigenvalue weighted by molar-refractivity contribution is 7.89. The molecule has 1 heterocycles. The van der Waals surface area contributed by atoms with Gasteiger partial charge in [0.15, 0.2) is 11.5 Å². The van der Waals surface area contributed by atoms with E-state index in [1.165, 1.54) is 12.1 Å². The summed E-state index contributed by atoms with van der Waals surface area (Å²) in [7, 11) is -2.09. The van der Waals surface area contributed by atoms with Gasteiger partial charge in [0.05, 0.1) is 12.0 Å². The molecule has 0 saturated heterocycles. The molecule has 1 N–H and O–H groups in total. The van der Waals surface area contributed by atoms with Gasteiger partial charge >= 0.3 is 0 Å². The van der Waals surface area contributed by atoms with E-state index < -0.39 is 10.0 Å². The summed E-state index contributed by atoms with van der Waals surface area (Å²) in [5.74, 6) is 1.73. The van der Waals surface area contributed by atoms with Crippen LogP contribution in [0.5, 0.6) is 17.2 Å². The molecule has 0 unspecified atom stereocenters. The van der Waals surface area contributed by atoms with Gasteiger partial charge in [0, 0.05) is 12.1 Å². The molecule has 0 fully saturated rings. The second-order valence-corrected chi connectivity index (χ2v) is 7.14. The Kier molecular flexibility index (Phi) is 4.64. The topological polar surface area (TPSA) is 73.9 Å². The maximum absolute atomic E-state index is 12.6. The number of fused-ring (bicyclic) bond motifs is 1. The molecular formula is C17H19NO5S. The monoisotopic (exact) mass is 349 g/mol. The maximum Gasteiger partial charge on any atom is 0.241 e. The van der Waals surface area contributed by atoms with Gasteiger partial charge in [-0.1, -0.05) is 12.1 Å². The molecule has 2 aromatic rings. The van der Waals surface area contributed by atoms with Gasteiger partial charge in [0.1, 0.15) is 19.0 Å². The molecule has 0 bridgehead atoms. The number of rotatable bonds is 5. The van der Waals surface area contributed by atoms with E-state index in [1.54, 1.807) is 32.2 Å². The molecule has 24 heavy (non-hydrogen) atoms. The number of nitrogens with one attached hydrogen (secondary N) is 1. The van der Waals surface area contributed by atoms with Crippen LogP contribution in [-0.4, -0.2) is 28.7 Å². The number of hydrogen-bond acceptors (Lipinski definition) is 5. The molecule has 1 atom stereocenters. The highest BCUT2D eigenvalue weighted by atomic mass is 32.2. The number of benzene rings is 2. The Morgan fingerprint density at radius 2 is 1.71 bits per heavy atom. The zero-order valence-corrected chi connectivity index (χ0v) is 14.3. The van der Waals surface area contributed by atoms with Crippen molar-refractivity contribution < 1.29 is 22.6 Å². The number of sulfonamides is 1. The first kappa shape index (κ1) is 16.6. The Morgan fingerprint density at radius 3 is 2.38 bits per heavy atom. The van der Waals surface area contributed by atoms with Gasteiger partial charge in [0.2, 0.25) is 10.0 Å². The normalized spacial score (nSPS) is 14.9. The molecule has 0 aromatic heterocycles. The third kappa shape index (κ3) is 3.47. The lowest BCUT2D eigenvalue weighted by Gasteiger charge is -2.20. The van der Waals surface area contributed by atoms with Crippen molar-refractivity contribution in [2.24, 2.45) is 0 Å². The minimum Gasteiger partial charge on any atom is -0.497 e. The fourth-order valence-electron chi connectivity index (χ4n) is 2.45. The van der Waals surface area contributed by atoms with Crippen molar-refractivity contribution in [1.29, 1.82) is 0 Å². The van der Waals surface area contributed by atoms with Crippen LogP contribution in [0.1, 0.15) is 18.5 Å². The van der Waals surface area contributed by atoms with Gasteiger partial charge in [-0.3, -0.25) is 0 Å². The van der Waals surface area contributed by atoms with Gasteiger partial charge in [-0.2, -0.15) is 0 Å². The van der Waals surface area contributed by atoms with Crippen LogP contribution in [0.15, 0.2) is 47.4 Å². The van der Waals surface area contributed by atoms with Crippen LogP contribution in [0.4, 0.5) is 0 Å². The lowest BCUT2D eigenvalue weighted by Crippen LogP contribution is -2.27. The second kappa shape index (κ2) is 6.70. The molecule has 2 aromatic carbocycles. The molecule has 6 nitrogen and oxygen atoms in total. The van der Waals surface area contributed by atoms with Crippen LogP contribution in [0, 0.1) is 0 Å². The van der Waals surface area contributed by atoms with Crippen molar-refractivity contribution in [2.45, 2.75) is 17.9 Å². The Labute approximate surface area is 141 Å². The Bertz CT molecular complexity index is 817. The third-order valence-corrected chi connectivity index (χ3v) is 5.31. The molecule has 7 heteroatoms. The fraction of sp³-hybridized carbons (Fsp3) is 0.294. The minimum atomic E-state index is -3.67. The summed E-state index contributed by atoms with van der Waals surface area (Å²) < 4.78 is 43.8. The zero-order valence-electron chi connectivity index (χ0n) is 13.5. The molecule has 0 spiro atoms. The fourth-order valence-corrected chi connectivity index (χ4v) is 3.70. The molecule has 0 amide bonds. The highest BCUT2D eigenvalue weighted by Crippen LogP contribution is 2.32. The molecule has 0 radical (unpaired) electrons. The molecule has 1 aliphatic rings. The summed E-state index contributed by atoms with van der Waals surface area (Å²) in [6.45, 7) is 2.66. The van der Waals surface area contributed by atoms with Gasteiger partial charge in [-0.05, 0) is 36.8 Å². The van der Waals surface area contributed by atoms with Crippen molar-refractivity contribution in [1.82, 2.24) is 4.72 Å². The standard InChI is InChI=1S/C17H19NO5S/c1-12(13-3-5-14(21-2)6-4-13)18-24(19,20)15-7-8-16-17(11-15)23-10-9-22-16/h3-8,11-12,18H,9-10H2,1-2H3/t12-/m0/s1. The second-order valence-electron chi connectivity index (χ2n) is 5.42. The molecule has 0 saturated carbocycles. The average molecular weight is 349 g/mol. The van der Waals surface area contributed by atoms with Gasteiger partial charge in [-0.15, -0.1) is 0 Å². The van der Waals surface area contributed by atoms with Crippen LogP contribution in [0.2, 0.25) is 0 Å². The largest absolute Gasteiger partial charge is 0.497 e. The van der Waals surface area contributed by atoms with E-state index in [4.69, 9.17) is 14.2 Å². The quantitative estimate of drug-likeness (QED) is 0.898. The number of hydrogen-bond donors (Lipinski definition) is 1. The summed E-state index contributed by atoms with van der Waals surface area (Å²) in [5, 5.41) is 0. The Balaban J connectivity index is 1.79. The zero-order chi connectivity index (χ0) is 17.2. The smallest absolute Gasteiger partial charge is 0.241 e. The van der Waals surface area contributed by atoms with Crippen LogP contribution < -0.4 is 18.9 Å². The summed E-state index contributed by atoms with van der Waals surface area (Å²) in [6.07, 6.45) is 0. The minimum absolute atomic E-state index is 0.145. The lowest BCUT2D eigenvalue weighted by atomic mass is 10.1. The van der Waals surface area contributed by atoms with E-state index in [1.807, 2.05) is 12.1 Å². The van der Waals surface area contributed by atoms with Crippen LogP contribution >= 0.6 is 0 Å². The van der Waals surface area contributed by atoms with E-state index >= 15 is 0 Å². The average Bonchev–Trinajstić information content (AvgIpc) is 2.61. The van der Waals surface area contributed by atoms with Crippen LogP contribution in [0.3, 0.4) is 0 Å². The third-order valence-electron chi connectivity index (χ3n) is 3.77. The van der Waals surface area contributed by atoms with E-state index in [0.29, 0.717) is 24.7 Å². The van der Waals surface area contributed by atoms with E-state index in [9.17, 15) is 8.42 Å². The van der Waals surface area contributed by atoms with E-state index in [0.717, 1.165) is 11.3 Å². The van der Waals surface area contributed by atoms with Crippen LogP contribution in [-0.2, 0) is 10.0 Å². The summed E-state index contributed by atoms with van der Waals surface area (Å²) in [5.41, 5.74) is 0.844. The SMILES string of the molecule is COc1ccc([C@H](C)NS(=O)(=O)c2ccc3c(c2)OCCO3)cc1. The molecule has 3 rings (SSSR count).